The molecule has 0 aliphatic carbocycles. The number of halogens is 3. The molecular weight excluding hydrogens is 340 g/mol. The molecule has 0 fully saturated rings. The molecule has 24 heavy (non-hydrogen) atoms. The number of aryl methyl sites for hydroxylation is 2. The van der Waals surface area contributed by atoms with E-state index in [1.54, 1.807) is 13.0 Å². The monoisotopic (exact) mass is 353 g/mol. The molecule has 0 atom stereocenters. The van der Waals surface area contributed by atoms with Crippen LogP contribution in [0.15, 0.2) is 30.3 Å². The maximum Gasteiger partial charge on any atom is 0.338 e. The van der Waals surface area contributed by atoms with Crippen molar-refractivity contribution in [3.63, 3.8) is 0 Å². The smallest absolute Gasteiger partial charge is 0.338 e. The van der Waals surface area contributed by atoms with Crippen LogP contribution in [0.25, 0.3) is 0 Å². The number of amides is 1. The van der Waals surface area contributed by atoms with Crippen molar-refractivity contribution in [2.24, 2.45) is 0 Å². The van der Waals surface area contributed by atoms with Gasteiger partial charge in [-0.3, -0.25) is 4.79 Å². The van der Waals surface area contributed by atoms with Crippen LogP contribution in [0.1, 0.15) is 21.5 Å². The first-order valence-electron chi connectivity index (χ1n) is 6.96. The Morgan fingerprint density at radius 1 is 1.12 bits per heavy atom. The summed E-state index contributed by atoms with van der Waals surface area (Å²) in [4.78, 5) is 23.6. The van der Waals surface area contributed by atoms with E-state index >= 15 is 0 Å². The van der Waals surface area contributed by atoms with Gasteiger partial charge in [0.05, 0.1) is 16.3 Å². The zero-order valence-corrected chi connectivity index (χ0v) is 13.7. The van der Waals surface area contributed by atoms with Crippen molar-refractivity contribution in [2.75, 3.05) is 11.9 Å². The van der Waals surface area contributed by atoms with Crippen molar-refractivity contribution in [3.8, 4) is 0 Å². The second kappa shape index (κ2) is 7.40. The number of carbonyl (C=O) groups excluding carboxylic acids is 2. The third-order valence-corrected chi connectivity index (χ3v) is 3.48. The fourth-order valence-electron chi connectivity index (χ4n) is 2.09. The Labute approximate surface area is 142 Å². The quantitative estimate of drug-likeness (QED) is 0.844. The van der Waals surface area contributed by atoms with E-state index in [1.165, 1.54) is 0 Å². The third-order valence-electron chi connectivity index (χ3n) is 3.19. The van der Waals surface area contributed by atoms with E-state index in [2.05, 4.69) is 5.32 Å². The summed E-state index contributed by atoms with van der Waals surface area (Å²) < 4.78 is 30.7. The summed E-state index contributed by atoms with van der Waals surface area (Å²) >= 11 is 6.07. The molecule has 126 valence electrons. The van der Waals surface area contributed by atoms with Gasteiger partial charge in [0.25, 0.3) is 5.91 Å². The van der Waals surface area contributed by atoms with Crippen molar-refractivity contribution < 1.29 is 23.1 Å². The molecule has 2 rings (SSSR count). The standard InChI is InChI=1S/C17H14ClF2NO3/c1-9-5-10(2)16(12(18)6-9)21-15(22)8-24-17(23)11-3-4-13(19)14(20)7-11/h3-7H,8H2,1-2H3,(H,21,22). The highest BCUT2D eigenvalue weighted by atomic mass is 35.5. The third kappa shape index (κ3) is 4.29. The summed E-state index contributed by atoms with van der Waals surface area (Å²) in [5.74, 6) is -3.78. The van der Waals surface area contributed by atoms with Crippen LogP contribution in [0.2, 0.25) is 5.02 Å². The van der Waals surface area contributed by atoms with Crippen molar-refractivity contribution in [3.05, 3.63) is 63.7 Å². The van der Waals surface area contributed by atoms with Gasteiger partial charge in [-0.15, -0.1) is 0 Å². The summed E-state index contributed by atoms with van der Waals surface area (Å²) in [5.41, 5.74) is 1.95. The minimum atomic E-state index is -1.17. The average molecular weight is 354 g/mol. The molecule has 0 aliphatic rings. The normalized spacial score (nSPS) is 10.4. The topological polar surface area (TPSA) is 55.4 Å². The van der Waals surface area contributed by atoms with Gasteiger partial charge in [0.15, 0.2) is 18.2 Å². The number of rotatable bonds is 4. The SMILES string of the molecule is Cc1cc(C)c(NC(=O)COC(=O)c2ccc(F)c(F)c2)c(Cl)c1. The zero-order chi connectivity index (χ0) is 17.9. The molecule has 4 nitrogen and oxygen atoms in total. The Bertz CT molecular complexity index is 785. The second-order valence-electron chi connectivity index (χ2n) is 5.19. The van der Waals surface area contributed by atoms with Gasteiger partial charge in [0.1, 0.15) is 0 Å². The van der Waals surface area contributed by atoms with E-state index in [9.17, 15) is 18.4 Å². The largest absolute Gasteiger partial charge is 0.452 e. The van der Waals surface area contributed by atoms with Crippen LogP contribution < -0.4 is 5.32 Å². The van der Waals surface area contributed by atoms with Crippen molar-refractivity contribution in [2.45, 2.75) is 13.8 Å². The lowest BCUT2D eigenvalue weighted by Gasteiger charge is -2.12. The predicted molar refractivity (Wildman–Crippen MR) is 86.2 cm³/mol. The summed E-state index contributed by atoms with van der Waals surface area (Å²) in [7, 11) is 0. The van der Waals surface area contributed by atoms with Crippen LogP contribution in [0.3, 0.4) is 0 Å². The minimum Gasteiger partial charge on any atom is -0.452 e. The number of ether oxygens (including phenoxy) is 1. The van der Waals surface area contributed by atoms with Crippen LogP contribution in [0, 0.1) is 25.5 Å². The Kier molecular flexibility index (Phi) is 5.51. The molecule has 0 saturated heterocycles. The van der Waals surface area contributed by atoms with Crippen LogP contribution in [0.5, 0.6) is 0 Å². The van der Waals surface area contributed by atoms with Gasteiger partial charge in [0.2, 0.25) is 0 Å². The molecule has 7 heteroatoms. The van der Waals surface area contributed by atoms with E-state index in [0.717, 1.165) is 23.3 Å². The van der Waals surface area contributed by atoms with Crippen molar-refractivity contribution in [1.29, 1.82) is 0 Å². The lowest BCUT2D eigenvalue weighted by molar-refractivity contribution is -0.119. The minimum absolute atomic E-state index is 0.189. The molecule has 0 unspecified atom stereocenters. The van der Waals surface area contributed by atoms with E-state index in [4.69, 9.17) is 16.3 Å². The highest BCUT2D eigenvalue weighted by Crippen LogP contribution is 2.27. The summed E-state index contributed by atoms with van der Waals surface area (Å²) in [6.45, 7) is 3.07. The molecule has 2 aromatic rings. The maximum atomic E-state index is 13.1. The molecule has 1 N–H and O–H groups in total. The number of esters is 1. The highest BCUT2D eigenvalue weighted by Gasteiger charge is 2.14. The van der Waals surface area contributed by atoms with Crippen molar-refractivity contribution >= 4 is 29.2 Å². The lowest BCUT2D eigenvalue weighted by atomic mass is 10.1. The highest BCUT2D eigenvalue weighted by molar-refractivity contribution is 6.34. The molecule has 0 radical (unpaired) electrons. The van der Waals surface area contributed by atoms with E-state index < -0.39 is 30.1 Å². The number of anilines is 1. The molecule has 2 aromatic carbocycles. The molecule has 1 amide bonds. The van der Waals surface area contributed by atoms with Crippen LogP contribution in [0.4, 0.5) is 14.5 Å². The molecule has 0 aliphatic heterocycles. The van der Waals surface area contributed by atoms with Crippen molar-refractivity contribution in [1.82, 2.24) is 0 Å². The fraction of sp³-hybridized carbons (Fsp3) is 0.176. The van der Waals surface area contributed by atoms with Gasteiger partial charge < -0.3 is 10.1 Å². The first-order chi connectivity index (χ1) is 11.3. The van der Waals surface area contributed by atoms with Gasteiger partial charge in [0, 0.05) is 0 Å². The van der Waals surface area contributed by atoms with Gasteiger partial charge in [-0.1, -0.05) is 17.7 Å². The van der Waals surface area contributed by atoms with Gasteiger partial charge in [-0.2, -0.15) is 0 Å². The Morgan fingerprint density at radius 3 is 2.46 bits per heavy atom. The molecular formula is C17H14ClF2NO3. The van der Waals surface area contributed by atoms with Crippen LogP contribution >= 0.6 is 11.6 Å². The number of carbonyl (C=O) groups is 2. The second-order valence-corrected chi connectivity index (χ2v) is 5.60. The maximum absolute atomic E-state index is 13.1. The zero-order valence-electron chi connectivity index (χ0n) is 13.0. The molecule has 0 heterocycles. The Hall–Kier alpha value is -2.47. The number of hydrogen-bond acceptors (Lipinski definition) is 3. The van der Waals surface area contributed by atoms with Crippen LogP contribution in [-0.2, 0) is 9.53 Å². The first-order valence-corrected chi connectivity index (χ1v) is 7.34. The van der Waals surface area contributed by atoms with E-state index in [1.807, 2.05) is 13.0 Å². The van der Waals surface area contributed by atoms with E-state index in [-0.39, 0.29) is 5.56 Å². The number of benzene rings is 2. The summed E-state index contributed by atoms with van der Waals surface area (Å²) in [5, 5.41) is 2.92. The van der Waals surface area contributed by atoms with Crippen LogP contribution in [-0.4, -0.2) is 18.5 Å². The summed E-state index contributed by atoms with van der Waals surface area (Å²) in [6.07, 6.45) is 0. The number of nitrogens with one attached hydrogen (secondary N) is 1. The average Bonchev–Trinajstić information content (AvgIpc) is 2.51. The predicted octanol–water partition coefficient (Wildman–Crippen LogP) is 4.03. The Morgan fingerprint density at radius 2 is 1.83 bits per heavy atom. The first kappa shape index (κ1) is 17.9. The van der Waals surface area contributed by atoms with Gasteiger partial charge >= 0.3 is 5.97 Å². The summed E-state index contributed by atoms with van der Waals surface area (Å²) in [6, 6.07) is 6.11. The van der Waals surface area contributed by atoms with E-state index in [0.29, 0.717) is 16.8 Å². The van der Waals surface area contributed by atoms with Gasteiger partial charge in [-0.25, -0.2) is 13.6 Å². The fourth-order valence-corrected chi connectivity index (χ4v) is 2.46. The molecule has 0 bridgehead atoms. The van der Waals surface area contributed by atoms with Gasteiger partial charge in [-0.05, 0) is 49.2 Å². The number of hydrogen-bond donors (Lipinski definition) is 1. The molecule has 0 spiro atoms. The molecule has 0 aromatic heterocycles. The Balaban J connectivity index is 1.98. The molecule has 0 saturated carbocycles. The lowest BCUT2D eigenvalue weighted by Crippen LogP contribution is -2.21.